The molecular formula is C13H19N3O3. The van der Waals surface area contributed by atoms with Crippen LogP contribution in [0, 0.1) is 0 Å². The van der Waals surface area contributed by atoms with Crippen molar-refractivity contribution in [3.8, 4) is 0 Å². The van der Waals surface area contributed by atoms with E-state index in [1.807, 2.05) is 6.07 Å². The summed E-state index contributed by atoms with van der Waals surface area (Å²) in [4.78, 5) is 18.9. The third-order valence-corrected chi connectivity index (χ3v) is 2.90. The smallest absolute Gasteiger partial charge is 0.351 e. The molecule has 2 rings (SSSR count). The molecule has 0 spiro atoms. The highest BCUT2D eigenvalue weighted by molar-refractivity contribution is 5.75. The fourth-order valence-electron chi connectivity index (χ4n) is 1.91. The van der Waals surface area contributed by atoms with Gasteiger partial charge in [-0.05, 0) is 18.9 Å². The quantitative estimate of drug-likeness (QED) is 0.733. The van der Waals surface area contributed by atoms with Crippen molar-refractivity contribution >= 4 is 11.0 Å². The normalized spacial score (nSPS) is 11.3. The number of nitrogens with one attached hydrogen (secondary N) is 1. The summed E-state index contributed by atoms with van der Waals surface area (Å²) in [5.41, 5.74) is 1.36. The van der Waals surface area contributed by atoms with Crippen LogP contribution < -0.4 is 5.69 Å². The molecule has 2 N–H and O–H groups in total. The van der Waals surface area contributed by atoms with Crippen LogP contribution in [-0.2, 0) is 17.9 Å². The van der Waals surface area contributed by atoms with Gasteiger partial charge in [-0.25, -0.2) is 4.79 Å². The maximum atomic E-state index is 11.7. The highest BCUT2D eigenvalue weighted by atomic mass is 16.5. The Labute approximate surface area is 111 Å². The Bertz CT molecular complexity index is 588. The van der Waals surface area contributed by atoms with E-state index in [1.165, 1.54) is 4.57 Å². The number of nitrogens with zero attached hydrogens (tertiary/aromatic N) is 2. The lowest BCUT2D eigenvalue weighted by Crippen LogP contribution is -2.23. The highest BCUT2D eigenvalue weighted by Gasteiger charge is 2.05. The second kappa shape index (κ2) is 6.49. The molecule has 0 saturated heterocycles. The Kier molecular flexibility index (Phi) is 4.70. The van der Waals surface area contributed by atoms with Crippen LogP contribution in [0.5, 0.6) is 0 Å². The zero-order valence-corrected chi connectivity index (χ0v) is 11.1. The Morgan fingerprint density at radius 1 is 1.53 bits per heavy atom. The van der Waals surface area contributed by atoms with E-state index in [-0.39, 0.29) is 25.6 Å². The number of H-pyrrole nitrogens is 1. The van der Waals surface area contributed by atoms with Crippen molar-refractivity contribution in [2.45, 2.75) is 32.9 Å². The van der Waals surface area contributed by atoms with Gasteiger partial charge in [0.05, 0.1) is 13.2 Å². The van der Waals surface area contributed by atoms with E-state index >= 15 is 0 Å². The molecular weight excluding hydrogens is 246 g/mol. The lowest BCUT2D eigenvalue weighted by atomic mass is 10.2. The third-order valence-electron chi connectivity index (χ3n) is 2.90. The molecule has 0 atom stereocenters. The molecule has 19 heavy (non-hydrogen) atoms. The summed E-state index contributed by atoms with van der Waals surface area (Å²) in [6.45, 7) is 2.40. The number of unbranched alkanes of at least 4 members (excludes halogenated alkanes) is 1. The van der Waals surface area contributed by atoms with Crippen LogP contribution in [0.4, 0.5) is 0 Å². The van der Waals surface area contributed by atoms with Crippen LogP contribution in [0.15, 0.2) is 17.1 Å². The van der Waals surface area contributed by atoms with Gasteiger partial charge in [-0.2, -0.15) is 4.98 Å². The first kappa shape index (κ1) is 13.8. The summed E-state index contributed by atoms with van der Waals surface area (Å²) in [6.07, 6.45) is 4.93. The Hall–Kier alpha value is -1.66. The second-order valence-electron chi connectivity index (χ2n) is 4.46. The van der Waals surface area contributed by atoms with Crippen LogP contribution in [0.2, 0.25) is 0 Å². The molecule has 0 saturated carbocycles. The molecule has 0 aliphatic carbocycles. The number of rotatable bonds is 7. The molecule has 0 fully saturated rings. The third kappa shape index (κ3) is 3.42. The lowest BCUT2D eigenvalue weighted by Gasteiger charge is -2.04. The van der Waals surface area contributed by atoms with Crippen LogP contribution in [0.3, 0.4) is 0 Å². The molecule has 0 aliphatic heterocycles. The van der Waals surface area contributed by atoms with Gasteiger partial charge in [0.1, 0.15) is 12.4 Å². The van der Waals surface area contributed by atoms with Crippen molar-refractivity contribution in [3.63, 3.8) is 0 Å². The van der Waals surface area contributed by atoms with Crippen molar-refractivity contribution < 1.29 is 9.84 Å². The summed E-state index contributed by atoms with van der Waals surface area (Å²) < 4.78 is 6.53. The van der Waals surface area contributed by atoms with E-state index in [1.54, 1.807) is 6.20 Å². The number of aliphatic hydroxyl groups excluding tert-OH is 1. The van der Waals surface area contributed by atoms with Gasteiger partial charge in [-0.1, -0.05) is 13.3 Å². The molecule has 104 valence electrons. The fraction of sp³-hybridized carbons (Fsp3) is 0.538. The summed E-state index contributed by atoms with van der Waals surface area (Å²) in [5, 5.41) is 9.54. The Balaban J connectivity index is 2.20. The van der Waals surface area contributed by atoms with E-state index in [0.29, 0.717) is 5.65 Å². The van der Waals surface area contributed by atoms with Gasteiger partial charge in [0.25, 0.3) is 0 Å². The number of ether oxygens (including phenoxy) is 1. The fourth-order valence-corrected chi connectivity index (χ4v) is 1.91. The van der Waals surface area contributed by atoms with Gasteiger partial charge in [0, 0.05) is 17.3 Å². The summed E-state index contributed by atoms with van der Waals surface area (Å²) >= 11 is 0. The van der Waals surface area contributed by atoms with Gasteiger partial charge in [-0.15, -0.1) is 0 Å². The average Bonchev–Trinajstić information content (AvgIpc) is 2.78. The first-order valence-corrected chi connectivity index (χ1v) is 6.52. The molecule has 0 radical (unpaired) electrons. The van der Waals surface area contributed by atoms with E-state index in [0.717, 1.165) is 30.3 Å². The van der Waals surface area contributed by atoms with E-state index < -0.39 is 0 Å². The number of hydrogen-bond donors (Lipinski definition) is 2. The SMILES string of the molecule is CCCCc1cc2cn(COCCO)c(=O)nc2[nH]1. The van der Waals surface area contributed by atoms with E-state index in [9.17, 15) is 4.79 Å². The zero-order chi connectivity index (χ0) is 13.7. The Morgan fingerprint density at radius 2 is 2.37 bits per heavy atom. The monoisotopic (exact) mass is 265 g/mol. The minimum atomic E-state index is -0.352. The molecule has 0 aromatic carbocycles. The van der Waals surface area contributed by atoms with Gasteiger partial charge >= 0.3 is 5.69 Å². The number of hydrogen-bond acceptors (Lipinski definition) is 4. The predicted octanol–water partition coefficient (Wildman–Crippen LogP) is 1.03. The molecule has 0 amide bonds. The zero-order valence-electron chi connectivity index (χ0n) is 11.1. The van der Waals surface area contributed by atoms with Crippen LogP contribution in [-0.4, -0.2) is 32.9 Å². The topological polar surface area (TPSA) is 80.1 Å². The molecule has 6 nitrogen and oxygen atoms in total. The first-order valence-electron chi connectivity index (χ1n) is 6.52. The summed E-state index contributed by atoms with van der Waals surface area (Å²) in [7, 11) is 0. The number of aromatic amines is 1. The standard InChI is InChI=1S/C13H19N3O3/c1-2-3-4-11-7-10-8-16(9-19-6-5-17)13(18)15-12(10)14-11/h7-8,17H,2-6,9H2,1H3,(H,14,15,18). The van der Waals surface area contributed by atoms with Crippen molar-refractivity contribution in [1.29, 1.82) is 0 Å². The second-order valence-corrected chi connectivity index (χ2v) is 4.46. The first-order chi connectivity index (χ1) is 9.24. The summed E-state index contributed by atoms with van der Waals surface area (Å²) in [6, 6.07) is 2.01. The molecule has 2 aromatic rings. The number of aliphatic hydroxyl groups is 1. The van der Waals surface area contributed by atoms with E-state index in [2.05, 4.69) is 16.9 Å². The Morgan fingerprint density at radius 3 is 3.11 bits per heavy atom. The molecule has 0 aliphatic rings. The number of aromatic nitrogens is 3. The van der Waals surface area contributed by atoms with Crippen LogP contribution >= 0.6 is 0 Å². The number of aryl methyl sites for hydroxylation is 1. The van der Waals surface area contributed by atoms with Crippen molar-refractivity contribution in [1.82, 2.24) is 14.5 Å². The average molecular weight is 265 g/mol. The molecule has 0 unspecified atom stereocenters. The van der Waals surface area contributed by atoms with Gasteiger partial charge in [0.2, 0.25) is 0 Å². The van der Waals surface area contributed by atoms with Gasteiger partial charge < -0.3 is 14.8 Å². The lowest BCUT2D eigenvalue weighted by molar-refractivity contribution is 0.0460. The minimum Gasteiger partial charge on any atom is -0.394 e. The molecule has 2 aromatic heterocycles. The van der Waals surface area contributed by atoms with Gasteiger partial charge in [-0.3, -0.25) is 4.57 Å². The molecule has 2 heterocycles. The van der Waals surface area contributed by atoms with Crippen LogP contribution in [0.1, 0.15) is 25.5 Å². The van der Waals surface area contributed by atoms with Crippen LogP contribution in [0.25, 0.3) is 11.0 Å². The molecule has 0 bridgehead atoms. The minimum absolute atomic E-state index is 0.0598. The van der Waals surface area contributed by atoms with Crippen molar-refractivity contribution in [2.24, 2.45) is 0 Å². The highest BCUT2D eigenvalue weighted by Crippen LogP contribution is 2.13. The predicted molar refractivity (Wildman–Crippen MR) is 72.0 cm³/mol. The maximum absolute atomic E-state index is 11.7. The largest absolute Gasteiger partial charge is 0.394 e. The van der Waals surface area contributed by atoms with Crippen molar-refractivity contribution in [2.75, 3.05) is 13.2 Å². The molecule has 6 heteroatoms. The van der Waals surface area contributed by atoms with Gasteiger partial charge in [0.15, 0.2) is 0 Å². The van der Waals surface area contributed by atoms with Crippen molar-refractivity contribution in [3.05, 3.63) is 28.4 Å². The summed E-state index contributed by atoms with van der Waals surface area (Å²) in [5.74, 6) is 0. The maximum Gasteiger partial charge on any atom is 0.351 e. The number of fused-ring (bicyclic) bond motifs is 1. The van der Waals surface area contributed by atoms with E-state index in [4.69, 9.17) is 9.84 Å².